The molecule has 1 aromatic rings. The van der Waals surface area contributed by atoms with Gasteiger partial charge >= 0.3 is 0 Å². The van der Waals surface area contributed by atoms with E-state index in [9.17, 15) is 0 Å². The first-order valence-electron chi connectivity index (χ1n) is 4.10. The fourth-order valence-corrected chi connectivity index (χ4v) is 0.675. The van der Waals surface area contributed by atoms with Gasteiger partial charge in [0.15, 0.2) is 0 Å². The van der Waals surface area contributed by atoms with Crippen LogP contribution in [0.2, 0.25) is 0 Å². The first-order valence-corrected chi connectivity index (χ1v) is 4.10. The molecule has 0 saturated heterocycles. The average Bonchev–Trinajstić information content (AvgIpc) is 2.40. The maximum absolute atomic E-state index is 4.13. The zero-order valence-electron chi connectivity index (χ0n) is 8.10. The molecule has 64 valence electrons. The molecular weight excluding hydrogens is 136 g/mol. The predicted octanol–water partition coefficient (Wildman–Crippen LogP) is 2.73. The standard InChI is InChI=1S/C7H12N2.C2H6/c1-7(2,3)6-8-4-5-9-6;1-2/h4-5H,1-3H3,(H,8,9);1-2H3. The summed E-state index contributed by atoms with van der Waals surface area (Å²) in [7, 11) is 0. The fourth-order valence-electron chi connectivity index (χ4n) is 0.675. The summed E-state index contributed by atoms with van der Waals surface area (Å²) in [5.41, 5.74) is 0.156. The summed E-state index contributed by atoms with van der Waals surface area (Å²) in [5.74, 6) is 1.04. The van der Waals surface area contributed by atoms with Crippen molar-refractivity contribution in [3.8, 4) is 0 Å². The Balaban J connectivity index is 0.000000461. The molecule has 1 aromatic heterocycles. The topological polar surface area (TPSA) is 28.7 Å². The van der Waals surface area contributed by atoms with Gasteiger partial charge in [0, 0.05) is 17.8 Å². The molecule has 0 radical (unpaired) electrons. The Morgan fingerprint density at radius 1 is 1.27 bits per heavy atom. The first-order chi connectivity index (χ1) is 5.11. The zero-order chi connectivity index (χ0) is 8.91. The Hall–Kier alpha value is -0.790. The number of aromatic nitrogens is 2. The monoisotopic (exact) mass is 154 g/mol. The van der Waals surface area contributed by atoms with Crippen LogP contribution in [0, 0.1) is 0 Å². The first kappa shape index (κ1) is 10.2. The van der Waals surface area contributed by atoms with Crippen molar-refractivity contribution < 1.29 is 0 Å². The van der Waals surface area contributed by atoms with Crippen molar-refractivity contribution in [1.82, 2.24) is 9.97 Å². The van der Waals surface area contributed by atoms with Crippen molar-refractivity contribution in [1.29, 1.82) is 0 Å². The second kappa shape index (κ2) is 4.16. The Bertz CT molecular complexity index is 170. The summed E-state index contributed by atoms with van der Waals surface area (Å²) >= 11 is 0. The highest BCUT2D eigenvalue weighted by molar-refractivity contribution is 5.00. The van der Waals surface area contributed by atoms with E-state index >= 15 is 0 Å². The van der Waals surface area contributed by atoms with Crippen molar-refractivity contribution in [2.45, 2.75) is 40.0 Å². The number of hydrogen-bond donors (Lipinski definition) is 1. The van der Waals surface area contributed by atoms with Crippen LogP contribution in [0.4, 0.5) is 0 Å². The van der Waals surface area contributed by atoms with Crippen LogP contribution >= 0.6 is 0 Å². The molecule has 1 N–H and O–H groups in total. The number of H-pyrrole nitrogens is 1. The normalized spacial score (nSPS) is 10.3. The number of hydrogen-bond acceptors (Lipinski definition) is 1. The summed E-state index contributed by atoms with van der Waals surface area (Å²) < 4.78 is 0. The van der Waals surface area contributed by atoms with Crippen LogP contribution < -0.4 is 0 Å². The van der Waals surface area contributed by atoms with Gasteiger partial charge in [-0.3, -0.25) is 0 Å². The van der Waals surface area contributed by atoms with E-state index in [1.165, 1.54) is 0 Å². The largest absolute Gasteiger partial charge is 0.348 e. The summed E-state index contributed by atoms with van der Waals surface area (Å²) in [6.07, 6.45) is 3.63. The van der Waals surface area contributed by atoms with Crippen molar-refractivity contribution in [2.24, 2.45) is 0 Å². The average molecular weight is 154 g/mol. The molecule has 0 bridgehead atoms. The highest BCUT2D eigenvalue weighted by Crippen LogP contribution is 2.16. The van der Waals surface area contributed by atoms with E-state index in [2.05, 4.69) is 30.7 Å². The van der Waals surface area contributed by atoms with Crippen molar-refractivity contribution in [3.63, 3.8) is 0 Å². The summed E-state index contributed by atoms with van der Waals surface area (Å²) in [5, 5.41) is 0. The van der Waals surface area contributed by atoms with Gasteiger partial charge in [0.1, 0.15) is 5.82 Å². The quantitative estimate of drug-likeness (QED) is 0.611. The number of nitrogens with zero attached hydrogens (tertiary/aromatic N) is 1. The van der Waals surface area contributed by atoms with Gasteiger partial charge in [-0.25, -0.2) is 4.98 Å². The molecule has 0 aliphatic carbocycles. The second-order valence-corrected chi connectivity index (χ2v) is 3.19. The van der Waals surface area contributed by atoms with Gasteiger partial charge in [-0.1, -0.05) is 34.6 Å². The lowest BCUT2D eigenvalue weighted by Gasteiger charge is -2.13. The van der Waals surface area contributed by atoms with E-state index in [4.69, 9.17) is 0 Å². The molecule has 0 aromatic carbocycles. The molecule has 1 rings (SSSR count). The minimum Gasteiger partial charge on any atom is -0.348 e. The van der Waals surface area contributed by atoms with E-state index in [1.54, 1.807) is 6.20 Å². The van der Waals surface area contributed by atoms with Gasteiger partial charge in [0.25, 0.3) is 0 Å². The summed E-state index contributed by atoms with van der Waals surface area (Å²) in [6.45, 7) is 10.4. The number of aromatic amines is 1. The Kier molecular flexibility index (Phi) is 3.86. The molecular formula is C9H18N2. The van der Waals surface area contributed by atoms with Gasteiger partial charge in [0.05, 0.1) is 0 Å². The molecule has 2 nitrogen and oxygen atoms in total. The molecule has 11 heavy (non-hydrogen) atoms. The van der Waals surface area contributed by atoms with Crippen LogP contribution in [0.1, 0.15) is 40.4 Å². The van der Waals surface area contributed by atoms with Crippen LogP contribution in [0.15, 0.2) is 12.4 Å². The lowest BCUT2D eigenvalue weighted by Crippen LogP contribution is -2.12. The molecule has 0 amide bonds. The van der Waals surface area contributed by atoms with Crippen molar-refractivity contribution in [3.05, 3.63) is 18.2 Å². The lowest BCUT2D eigenvalue weighted by molar-refractivity contribution is 0.552. The summed E-state index contributed by atoms with van der Waals surface area (Å²) in [6, 6.07) is 0. The molecule has 0 aliphatic heterocycles. The number of nitrogens with one attached hydrogen (secondary N) is 1. The third-order valence-corrected chi connectivity index (χ3v) is 1.21. The lowest BCUT2D eigenvalue weighted by atomic mass is 9.96. The zero-order valence-corrected chi connectivity index (χ0v) is 8.10. The predicted molar refractivity (Wildman–Crippen MR) is 48.6 cm³/mol. The Labute approximate surface area is 69.1 Å². The van der Waals surface area contributed by atoms with E-state index in [1.807, 2.05) is 20.0 Å². The highest BCUT2D eigenvalue weighted by Gasteiger charge is 2.14. The smallest absolute Gasteiger partial charge is 0.111 e. The third-order valence-electron chi connectivity index (χ3n) is 1.21. The summed E-state index contributed by atoms with van der Waals surface area (Å²) in [4.78, 5) is 7.20. The van der Waals surface area contributed by atoms with E-state index in [0.717, 1.165) is 5.82 Å². The SMILES string of the molecule is CC.CC(C)(C)c1ncc[nH]1. The number of imidazole rings is 1. The molecule has 0 aliphatic rings. The minimum absolute atomic E-state index is 0.156. The van der Waals surface area contributed by atoms with E-state index < -0.39 is 0 Å². The minimum atomic E-state index is 0.156. The molecule has 0 saturated carbocycles. The van der Waals surface area contributed by atoms with E-state index in [-0.39, 0.29) is 5.41 Å². The van der Waals surface area contributed by atoms with Crippen LogP contribution in [0.25, 0.3) is 0 Å². The van der Waals surface area contributed by atoms with Crippen LogP contribution in [-0.2, 0) is 5.41 Å². The Morgan fingerprint density at radius 2 is 1.82 bits per heavy atom. The number of rotatable bonds is 0. The van der Waals surface area contributed by atoms with Crippen molar-refractivity contribution >= 4 is 0 Å². The van der Waals surface area contributed by atoms with Crippen LogP contribution in [0.5, 0.6) is 0 Å². The maximum Gasteiger partial charge on any atom is 0.111 e. The molecule has 0 unspecified atom stereocenters. The molecule has 0 fully saturated rings. The van der Waals surface area contributed by atoms with Crippen LogP contribution in [-0.4, -0.2) is 9.97 Å². The van der Waals surface area contributed by atoms with E-state index in [0.29, 0.717) is 0 Å². The molecule has 1 heterocycles. The second-order valence-electron chi connectivity index (χ2n) is 3.19. The third kappa shape index (κ3) is 3.21. The maximum atomic E-state index is 4.13. The van der Waals surface area contributed by atoms with Crippen LogP contribution in [0.3, 0.4) is 0 Å². The Morgan fingerprint density at radius 3 is 2.00 bits per heavy atom. The highest BCUT2D eigenvalue weighted by atomic mass is 14.9. The molecule has 0 spiro atoms. The van der Waals surface area contributed by atoms with Gasteiger partial charge in [-0.15, -0.1) is 0 Å². The fraction of sp³-hybridized carbons (Fsp3) is 0.667. The molecule has 0 atom stereocenters. The van der Waals surface area contributed by atoms with Gasteiger partial charge in [-0.2, -0.15) is 0 Å². The molecule has 2 heteroatoms. The van der Waals surface area contributed by atoms with Gasteiger partial charge < -0.3 is 4.98 Å². The van der Waals surface area contributed by atoms with Crippen molar-refractivity contribution in [2.75, 3.05) is 0 Å². The van der Waals surface area contributed by atoms with Gasteiger partial charge in [-0.05, 0) is 0 Å². The van der Waals surface area contributed by atoms with Gasteiger partial charge in [0.2, 0.25) is 0 Å².